The van der Waals surface area contributed by atoms with Crippen LogP contribution in [0.3, 0.4) is 0 Å². The molecule has 1 aliphatic heterocycles. The number of terminal acetylenes is 1. The Morgan fingerprint density at radius 3 is 2.51 bits per heavy atom. The summed E-state index contributed by atoms with van der Waals surface area (Å²) >= 11 is 0. The number of fused-ring (bicyclic) bond motifs is 1. The highest BCUT2D eigenvalue weighted by molar-refractivity contribution is 6.01. The minimum Gasteiger partial charge on any atom is -0.494 e. The van der Waals surface area contributed by atoms with E-state index in [1.54, 1.807) is 4.90 Å². The van der Waals surface area contributed by atoms with Gasteiger partial charge >= 0.3 is 6.18 Å². The van der Waals surface area contributed by atoms with Gasteiger partial charge in [-0.15, -0.1) is 6.42 Å². The van der Waals surface area contributed by atoms with Gasteiger partial charge in [0.25, 0.3) is 5.91 Å². The number of amides is 2. The first-order chi connectivity index (χ1) is 18.6. The molecule has 5 rings (SSSR count). The van der Waals surface area contributed by atoms with Crippen LogP contribution in [0.25, 0.3) is 22.4 Å². The summed E-state index contributed by atoms with van der Waals surface area (Å²) in [6, 6.07) is 3.87. The number of alkyl halides is 3. The second-order valence-corrected chi connectivity index (χ2v) is 9.67. The molecule has 9 nitrogen and oxygen atoms in total. The minimum atomic E-state index is -4.67. The van der Waals surface area contributed by atoms with Crippen LogP contribution >= 0.6 is 0 Å². The predicted molar refractivity (Wildman–Crippen MR) is 134 cm³/mol. The number of methoxy groups -OCH3 is 1. The first-order valence-corrected chi connectivity index (χ1v) is 12.5. The summed E-state index contributed by atoms with van der Waals surface area (Å²) in [7, 11) is 1.31. The highest BCUT2D eigenvalue weighted by Crippen LogP contribution is 2.40. The Hall–Kier alpha value is -4.11. The predicted octanol–water partition coefficient (Wildman–Crippen LogP) is 3.83. The number of carbonyl (C=O) groups excluding carboxylic acids is 2. The number of nitrogens with zero attached hydrogens (tertiary/aromatic N) is 3. The fraction of sp³-hybridized carbons (Fsp3) is 0.407. The molecule has 2 aliphatic rings. The van der Waals surface area contributed by atoms with Crippen LogP contribution in [0.1, 0.15) is 60.1 Å². The number of ether oxygens (including phenoxy) is 1. The molecule has 0 radical (unpaired) electrons. The SMILES string of the molecule is C#CC(N)c1oc(-c2ccc(OC)c3nc(C(F)(F)F)ccc23)nc1C(=O)NC1(C(=O)N2CCCCC2)CC1. The summed E-state index contributed by atoms with van der Waals surface area (Å²) in [6.45, 7) is 1.29. The van der Waals surface area contributed by atoms with Gasteiger partial charge < -0.3 is 25.1 Å². The molecule has 204 valence electrons. The lowest BCUT2D eigenvalue weighted by Gasteiger charge is -2.30. The fourth-order valence-corrected chi connectivity index (χ4v) is 4.79. The van der Waals surface area contributed by atoms with Gasteiger partial charge in [-0.2, -0.15) is 13.2 Å². The van der Waals surface area contributed by atoms with Gasteiger partial charge in [0.05, 0.1) is 7.11 Å². The second-order valence-electron chi connectivity index (χ2n) is 9.67. The quantitative estimate of drug-likeness (QED) is 0.455. The average molecular weight is 542 g/mol. The number of nitrogens with one attached hydrogen (secondary N) is 1. The molecule has 1 atom stereocenters. The summed E-state index contributed by atoms with van der Waals surface area (Å²) in [6.07, 6.45) is 4.71. The standard InChI is InChI=1S/C27H26F3N5O4/c1-3-17(31)22-21(23(36)34-26(11-12-26)25(37)35-13-5-4-6-14-35)33-24(39-22)16-7-9-18(38-2)20-15(16)8-10-19(32-20)27(28,29)30/h1,7-10,17H,4-6,11-14,31H2,2H3,(H,34,36). The molecule has 0 spiro atoms. The van der Waals surface area contributed by atoms with Crippen molar-refractivity contribution in [1.29, 1.82) is 0 Å². The second kappa shape index (κ2) is 9.89. The van der Waals surface area contributed by atoms with Crippen LogP contribution < -0.4 is 15.8 Å². The average Bonchev–Trinajstić information content (AvgIpc) is 3.58. The van der Waals surface area contributed by atoms with E-state index < -0.39 is 29.4 Å². The van der Waals surface area contributed by atoms with Crippen LogP contribution in [0.15, 0.2) is 28.7 Å². The molecule has 39 heavy (non-hydrogen) atoms. The fourth-order valence-electron chi connectivity index (χ4n) is 4.79. The van der Waals surface area contributed by atoms with Crippen molar-refractivity contribution in [3.63, 3.8) is 0 Å². The van der Waals surface area contributed by atoms with E-state index in [9.17, 15) is 22.8 Å². The monoisotopic (exact) mass is 541 g/mol. The summed E-state index contributed by atoms with van der Waals surface area (Å²) in [5.74, 6) is 1.41. The number of aromatic nitrogens is 2. The van der Waals surface area contributed by atoms with E-state index in [1.807, 2.05) is 0 Å². The van der Waals surface area contributed by atoms with Crippen LogP contribution in [-0.4, -0.2) is 52.4 Å². The summed E-state index contributed by atoms with van der Waals surface area (Å²) in [5, 5.41) is 3.06. The Morgan fingerprint density at radius 1 is 1.18 bits per heavy atom. The molecule has 0 bridgehead atoms. The Bertz CT molecular complexity index is 1480. The number of benzene rings is 1. The zero-order valence-electron chi connectivity index (χ0n) is 21.1. The van der Waals surface area contributed by atoms with Crippen molar-refractivity contribution in [1.82, 2.24) is 20.2 Å². The zero-order chi connectivity index (χ0) is 27.9. The van der Waals surface area contributed by atoms with Crippen LogP contribution in [-0.2, 0) is 11.0 Å². The highest BCUT2D eigenvalue weighted by Gasteiger charge is 2.53. The first kappa shape index (κ1) is 26.5. The molecule has 3 heterocycles. The van der Waals surface area contributed by atoms with Gasteiger partial charge in [-0.3, -0.25) is 9.59 Å². The number of likely N-dealkylation sites (tertiary alicyclic amines) is 1. The highest BCUT2D eigenvalue weighted by atomic mass is 19.4. The molecule has 2 amide bonds. The lowest BCUT2D eigenvalue weighted by atomic mass is 10.1. The summed E-state index contributed by atoms with van der Waals surface area (Å²) in [4.78, 5) is 36.4. The minimum absolute atomic E-state index is 0.0686. The van der Waals surface area contributed by atoms with Crippen molar-refractivity contribution in [2.45, 2.75) is 49.9 Å². The number of halogens is 3. The maximum Gasteiger partial charge on any atom is 0.433 e. The third-order valence-electron chi connectivity index (χ3n) is 7.05. The van der Waals surface area contributed by atoms with Crippen LogP contribution in [0.5, 0.6) is 5.75 Å². The maximum absolute atomic E-state index is 13.4. The Labute approximate surface area is 221 Å². The molecular formula is C27H26F3N5O4. The molecule has 3 N–H and O–H groups in total. The first-order valence-electron chi connectivity index (χ1n) is 12.5. The van der Waals surface area contributed by atoms with Crippen molar-refractivity contribution in [2.24, 2.45) is 5.73 Å². The van der Waals surface area contributed by atoms with E-state index in [1.165, 1.54) is 25.3 Å². The number of carbonyl (C=O) groups is 2. The van der Waals surface area contributed by atoms with Gasteiger partial charge in [-0.1, -0.05) is 5.92 Å². The molecule has 12 heteroatoms. The van der Waals surface area contributed by atoms with E-state index >= 15 is 0 Å². The number of rotatable bonds is 6. The van der Waals surface area contributed by atoms with Crippen LogP contribution in [0, 0.1) is 12.3 Å². The molecule has 1 aliphatic carbocycles. The van der Waals surface area contributed by atoms with Crippen molar-refractivity contribution in [3.05, 3.63) is 41.4 Å². The lowest BCUT2D eigenvalue weighted by molar-refractivity contribution is -0.141. The van der Waals surface area contributed by atoms with Crippen LogP contribution in [0.2, 0.25) is 0 Å². The van der Waals surface area contributed by atoms with E-state index in [2.05, 4.69) is 21.2 Å². The molecule has 1 unspecified atom stereocenters. The van der Waals surface area contributed by atoms with Gasteiger partial charge in [-0.05, 0) is 56.4 Å². The van der Waals surface area contributed by atoms with Crippen molar-refractivity contribution in [2.75, 3.05) is 20.2 Å². The zero-order valence-corrected chi connectivity index (χ0v) is 21.1. The smallest absolute Gasteiger partial charge is 0.433 e. The molecular weight excluding hydrogens is 515 g/mol. The molecule has 3 aromatic rings. The Balaban J connectivity index is 1.53. The molecule has 1 saturated heterocycles. The summed E-state index contributed by atoms with van der Waals surface area (Å²) in [5.41, 5.74) is 3.90. The van der Waals surface area contributed by atoms with E-state index in [0.717, 1.165) is 25.3 Å². The third kappa shape index (κ3) is 4.90. The number of oxazole rings is 1. The Morgan fingerprint density at radius 2 is 1.90 bits per heavy atom. The lowest BCUT2D eigenvalue weighted by Crippen LogP contribution is -2.52. The number of pyridine rings is 1. The molecule has 2 aromatic heterocycles. The normalized spacial score (nSPS) is 17.4. The van der Waals surface area contributed by atoms with Gasteiger partial charge in [0, 0.05) is 24.0 Å². The molecule has 1 saturated carbocycles. The largest absolute Gasteiger partial charge is 0.494 e. The molecule has 1 aromatic carbocycles. The van der Waals surface area contributed by atoms with Crippen molar-refractivity contribution in [3.8, 4) is 29.5 Å². The van der Waals surface area contributed by atoms with Gasteiger partial charge in [0.2, 0.25) is 11.8 Å². The number of hydrogen-bond acceptors (Lipinski definition) is 7. The maximum atomic E-state index is 13.4. The van der Waals surface area contributed by atoms with Crippen molar-refractivity contribution >= 4 is 22.7 Å². The number of piperidine rings is 1. The molecule has 2 fully saturated rings. The third-order valence-corrected chi connectivity index (χ3v) is 7.05. The number of hydrogen-bond donors (Lipinski definition) is 2. The van der Waals surface area contributed by atoms with Gasteiger partial charge in [0.1, 0.15) is 28.5 Å². The number of nitrogens with two attached hydrogens (primary N) is 1. The van der Waals surface area contributed by atoms with Gasteiger partial charge in [0.15, 0.2) is 11.5 Å². The van der Waals surface area contributed by atoms with E-state index in [4.69, 9.17) is 21.3 Å². The van der Waals surface area contributed by atoms with E-state index in [0.29, 0.717) is 25.9 Å². The van der Waals surface area contributed by atoms with Crippen LogP contribution in [0.4, 0.5) is 13.2 Å². The van der Waals surface area contributed by atoms with Crippen molar-refractivity contribution < 1.29 is 31.9 Å². The van der Waals surface area contributed by atoms with Gasteiger partial charge in [-0.25, -0.2) is 9.97 Å². The topological polar surface area (TPSA) is 124 Å². The summed E-state index contributed by atoms with van der Waals surface area (Å²) < 4.78 is 51.0. The Kier molecular flexibility index (Phi) is 6.72. The van der Waals surface area contributed by atoms with E-state index in [-0.39, 0.29) is 45.5 Å².